The smallest absolute Gasteiger partial charge is 0.305 e. The molecule has 0 spiro atoms. The Labute approximate surface area is 334 Å². The predicted molar refractivity (Wildman–Crippen MR) is 227 cm³/mol. The van der Waals surface area contributed by atoms with E-state index in [0.717, 1.165) is 69.3 Å². The molecule has 6 nitrogen and oxygen atoms in total. The molecule has 0 fully saturated rings. The second-order valence-corrected chi connectivity index (χ2v) is 16.0. The van der Waals surface area contributed by atoms with Crippen LogP contribution in [0, 0.1) is 11.8 Å². The van der Waals surface area contributed by atoms with Crippen LogP contribution in [-0.4, -0.2) is 50.9 Å². The van der Waals surface area contributed by atoms with Gasteiger partial charge in [0.2, 0.25) is 0 Å². The number of carbonyl (C=O) groups is 2. The number of hydrogen-bond donors (Lipinski definition) is 0. The van der Waals surface area contributed by atoms with Crippen molar-refractivity contribution in [3.63, 3.8) is 0 Å². The Balaban J connectivity index is 2.29. The monoisotopic (exact) mass is 759 g/mol. The molecule has 0 N–H and O–H groups in total. The van der Waals surface area contributed by atoms with Crippen LogP contribution >= 0.6 is 0 Å². The minimum Gasteiger partial charge on any atom is -0.466 e. The van der Waals surface area contributed by atoms with Crippen LogP contribution in [0.4, 0.5) is 0 Å². The van der Waals surface area contributed by atoms with E-state index in [4.69, 9.17) is 18.9 Å². The van der Waals surface area contributed by atoms with Gasteiger partial charge in [0.15, 0.2) is 0 Å². The van der Waals surface area contributed by atoms with Crippen molar-refractivity contribution in [2.75, 3.05) is 33.0 Å². The van der Waals surface area contributed by atoms with Gasteiger partial charge in [0.25, 0.3) is 0 Å². The third-order valence-corrected chi connectivity index (χ3v) is 10.8. The van der Waals surface area contributed by atoms with Gasteiger partial charge in [-0.05, 0) is 55.9 Å². The van der Waals surface area contributed by atoms with Gasteiger partial charge in [-0.15, -0.1) is 0 Å². The highest BCUT2D eigenvalue weighted by molar-refractivity contribution is 5.78. The highest BCUT2D eigenvalue weighted by atomic mass is 16.6. The number of rotatable bonds is 41. The Morgan fingerprint density at radius 1 is 0.500 bits per heavy atom. The van der Waals surface area contributed by atoms with E-state index in [2.05, 4.69) is 39.8 Å². The number of benzene rings is 1. The fraction of sp³-hybridized carbons (Fsp3) is 0.833. The predicted octanol–water partition coefficient (Wildman–Crippen LogP) is 13.6. The SMILES string of the molecule is CCCCCC(CCCCC)CCOC(=O)CCCCCOCC(COCc1ccccc1)OCCCCCC(=O)CCC(CCCCC)CCCCC. The molecule has 0 saturated heterocycles. The first-order valence-electron chi connectivity index (χ1n) is 23.0. The summed E-state index contributed by atoms with van der Waals surface area (Å²) in [6.45, 7) is 12.4. The molecule has 0 bridgehead atoms. The molecule has 1 atom stereocenters. The molecule has 314 valence electrons. The van der Waals surface area contributed by atoms with E-state index >= 15 is 0 Å². The number of ether oxygens (including phenoxy) is 4. The lowest BCUT2D eigenvalue weighted by molar-refractivity contribution is -0.144. The first-order chi connectivity index (χ1) is 26.5. The van der Waals surface area contributed by atoms with E-state index in [-0.39, 0.29) is 12.1 Å². The van der Waals surface area contributed by atoms with Crippen LogP contribution in [0.5, 0.6) is 0 Å². The largest absolute Gasteiger partial charge is 0.466 e. The maximum atomic E-state index is 12.7. The lowest BCUT2D eigenvalue weighted by Gasteiger charge is -2.19. The van der Waals surface area contributed by atoms with Crippen LogP contribution in [0.3, 0.4) is 0 Å². The van der Waals surface area contributed by atoms with Gasteiger partial charge in [-0.2, -0.15) is 0 Å². The molecule has 0 aliphatic carbocycles. The molecular formula is C48H86O6. The maximum absolute atomic E-state index is 12.7. The van der Waals surface area contributed by atoms with E-state index in [9.17, 15) is 9.59 Å². The molecule has 0 heterocycles. The van der Waals surface area contributed by atoms with E-state index in [1.165, 1.54) is 103 Å². The Morgan fingerprint density at radius 3 is 1.63 bits per heavy atom. The third kappa shape index (κ3) is 31.4. The zero-order chi connectivity index (χ0) is 39.2. The van der Waals surface area contributed by atoms with Crippen molar-refractivity contribution in [3.05, 3.63) is 35.9 Å². The summed E-state index contributed by atoms with van der Waals surface area (Å²) in [6.07, 6.45) is 30.0. The number of unbranched alkanes of at least 4 members (excludes halogenated alkanes) is 12. The van der Waals surface area contributed by atoms with Crippen molar-refractivity contribution >= 4 is 11.8 Å². The number of esters is 1. The number of Topliss-reactive ketones (excluding diaryl/α,β-unsaturated/α-hetero) is 1. The van der Waals surface area contributed by atoms with Gasteiger partial charge in [-0.25, -0.2) is 0 Å². The number of ketones is 1. The second-order valence-electron chi connectivity index (χ2n) is 16.0. The van der Waals surface area contributed by atoms with Crippen molar-refractivity contribution in [2.24, 2.45) is 11.8 Å². The molecule has 0 amide bonds. The van der Waals surface area contributed by atoms with Crippen molar-refractivity contribution in [2.45, 2.75) is 214 Å². The summed E-state index contributed by atoms with van der Waals surface area (Å²) in [5.41, 5.74) is 1.15. The molecule has 1 rings (SSSR count). The summed E-state index contributed by atoms with van der Waals surface area (Å²) in [5.74, 6) is 1.78. The zero-order valence-corrected chi connectivity index (χ0v) is 35.9. The Morgan fingerprint density at radius 2 is 1.04 bits per heavy atom. The van der Waals surface area contributed by atoms with Crippen molar-refractivity contribution in [1.82, 2.24) is 0 Å². The van der Waals surface area contributed by atoms with Gasteiger partial charge in [-0.3, -0.25) is 9.59 Å². The fourth-order valence-corrected chi connectivity index (χ4v) is 7.24. The Kier molecular flexibility index (Phi) is 35.5. The topological polar surface area (TPSA) is 71.1 Å². The average Bonchev–Trinajstić information content (AvgIpc) is 3.17. The molecule has 0 radical (unpaired) electrons. The Bertz CT molecular complexity index is 932. The van der Waals surface area contributed by atoms with Crippen LogP contribution in [0.1, 0.15) is 207 Å². The summed E-state index contributed by atoms with van der Waals surface area (Å²) in [5, 5.41) is 0. The van der Waals surface area contributed by atoms with Gasteiger partial charge in [0.1, 0.15) is 11.9 Å². The van der Waals surface area contributed by atoms with Crippen LogP contribution in [0.15, 0.2) is 30.3 Å². The van der Waals surface area contributed by atoms with E-state index in [1.54, 1.807) is 0 Å². The minimum absolute atomic E-state index is 0.0607. The second kappa shape index (κ2) is 38.1. The molecule has 1 aromatic rings. The molecule has 6 heteroatoms. The minimum atomic E-state index is -0.129. The molecule has 54 heavy (non-hydrogen) atoms. The van der Waals surface area contributed by atoms with Gasteiger partial charge in [0.05, 0.1) is 26.4 Å². The van der Waals surface area contributed by atoms with Crippen LogP contribution in [0.25, 0.3) is 0 Å². The maximum Gasteiger partial charge on any atom is 0.305 e. The molecule has 0 aliphatic heterocycles. The van der Waals surface area contributed by atoms with Crippen LogP contribution in [0.2, 0.25) is 0 Å². The highest BCUT2D eigenvalue weighted by Crippen LogP contribution is 2.24. The summed E-state index contributed by atoms with van der Waals surface area (Å²) in [4.78, 5) is 25.0. The first kappa shape index (κ1) is 50.3. The molecular weight excluding hydrogens is 673 g/mol. The third-order valence-electron chi connectivity index (χ3n) is 10.8. The van der Waals surface area contributed by atoms with Gasteiger partial charge < -0.3 is 18.9 Å². The van der Waals surface area contributed by atoms with Gasteiger partial charge in [0, 0.05) is 32.5 Å². The quantitative estimate of drug-likeness (QED) is 0.0489. The number of hydrogen-bond acceptors (Lipinski definition) is 6. The van der Waals surface area contributed by atoms with Crippen LogP contribution in [-0.2, 0) is 35.1 Å². The molecule has 0 saturated carbocycles. The zero-order valence-electron chi connectivity index (χ0n) is 35.9. The standard InChI is InChI=1S/C48H86O6/c1-5-9-16-26-43(27-17-10-6-2)34-35-46(49)32-22-14-25-38-53-47(42-52-40-45-30-20-13-21-31-45)41-51-37-24-15-23-33-48(50)54-39-36-44(28-18-11-7-3)29-19-12-8-4/h13,20-21,30-31,43-44,47H,5-12,14-19,22-29,32-42H2,1-4H3. The normalized spacial score (nSPS) is 12.2. The average molecular weight is 759 g/mol. The summed E-state index contributed by atoms with van der Waals surface area (Å²) < 4.78 is 23.9. The van der Waals surface area contributed by atoms with E-state index < -0.39 is 0 Å². The lowest BCUT2D eigenvalue weighted by Crippen LogP contribution is -2.26. The van der Waals surface area contributed by atoms with Gasteiger partial charge >= 0.3 is 5.97 Å². The highest BCUT2D eigenvalue weighted by Gasteiger charge is 2.14. The number of carbonyl (C=O) groups excluding carboxylic acids is 2. The lowest BCUT2D eigenvalue weighted by atomic mass is 9.89. The van der Waals surface area contributed by atoms with Crippen molar-refractivity contribution in [1.29, 1.82) is 0 Å². The Hall–Kier alpha value is -1.76. The summed E-state index contributed by atoms with van der Waals surface area (Å²) >= 11 is 0. The molecule has 1 unspecified atom stereocenters. The summed E-state index contributed by atoms with van der Waals surface area (Å²) in [7, 11) is 0. The molecule has 0 aliphatic rings. The fourth-order valence-electron chi connectivity index (χ4n) is 7.24. The van der Waals surface area contributed by atoms with Crippen LogP contribution < -0.4 is 0 Å². The van der Waals surface area contributed by atoms with E-state index in [0.29, 0.717) is 64.2 Å². The molecule has 0 aromatic heterocycles. The van der Waals surface area contributed by atoms with E-state index in [1.807, 2.05) is 18.2 Å². The molecule has 1 aromatic carbocycles. The van der Waals surface area contributed by atoms with Crippen molar-refractivity contribution in [3.8, 4) is 0 Å². The van der Waals surface area contributed by atoms with Crippen molar-refractivity contribution < 1.29 is 28.5 Å². The first-order valence-corrected chi connectivity index (χ1v) is 23.0. The summed E-state index contributed by atoms with van der Waals surface area (Å²) in [6, 6.07) is 10.2. The van der Waals surface area contributed by atoms with Gasteiger partial charge in [-0.1, -0.05) is 174 Å².